The first kappa shape index (κ1) is 14.9. The number of rotatable bonds is 2. The minimum absolute atomic E-state index is 0.227. The van der Waals surface area contributed by atoms with Crippen molar-refractivity contribution in [1.82, 2.24) is 4.98 Å². The molecule has 0 atom stereocenters. The van der Waals surface area contributed by atoms with Gasteiger partial charge in [-0.25, -0.2) is 4.98 Å². The number of nitrogens with zero attached hydrogens (tertiary/aromatic N) is 1. The molecule has 0 N–H and O–H groups in total. The number of hydrogen-bond acceptors (Lipinski definition) is 2. The molecule has 1 aromatic heterocycles. The molecule has 7 heteroatoms. The van der Waals surface area contributed by atoms with Crippen molar-refractivity contribution in [3.8, 4) is 11.6 Å². The van der Waals surface area contributed by atoms with Gasteiger partial charge < -0.3 is 4.74 Å². The number of hydrogen-bond donors (Lipinski definition) is 0. The summed E-state index contributed by atoms with van der Waals surface area (Å²) in [5.74, 6) is 0.132. The fourth-order valence-corrected chi connectivity index (χ4v) is 1.96. The van der Waals surface area contributed by atoms with Crippen LogP contribution >= 0.6 is 23.2 Å². The summed E-state index contributed by atoms with van der Waals surface area (Å²) in [6.07, 6.45) is -4.51. The lowest BCUT2D eigenvalue weighted by Crippen LogP contribution is -2.06. The Labute approximate surface area is 123 Å². The molecule has 1 heterocycles. The van der Waals surface area contributed by atoms with Crippen LogP contribution in [0, 0.1) is 6.92 Å². The van der Waals surface area contributed by atoms with E-state index >= 15 is 0 Å². The third-order valence-corrected chi connectivity index (χ3v) is 2.88. The third-order valence-electron chi connectivity index (χ3n) is 2.45. The Morgan fingerprint density at radius 3 is 2.40 bits per heavy atom. The molecule has 0 saturated heterocycles. The molecule has 2 aromatic rings. The van der Waals surface area contributed by atoms with E-state index in [1.807, 2.05) is 0 Å². The Morgan fingerprint density at radius 2 is 1.80 bits per heavy atom. The summed E-state index contributed by atoms with van der Waals surface area (Å²) in [5, 5.41) is 0.214. The van der Waals surface area contributed by atoms with Crippen molar-refractivity contribution >= 4 is 23.2 Å². The molecule has 0 bridgehead atoms. The van der Waals surface area contributed by atoms with Gasteiger partial charge in [-0.1, -0.05) is 23.2 Å². The quantitative estimate of drug-likeness (QED) is 0.680. The van der Waals surface area contributed by atoms with Crippen LogP contribution in [-0.2, 0) is 6.18 Å². The van der Waals surface area contributed by atoms with Crippen molar-refractivity contribution in [2.75, 3.05) is 0 Å². The average molecular weight is 322 g/mol. The minimum atomic E-state index is -4.51. The van der Waals surface area contributed by atoms with Gasteiger partial charge in [-0.05, 0) is 36.8 Å². The second-order valence-corrected chi connectivity index (χ2v) is 4.85. The fraction of sp³-hybridized carbons (Fsp3) is 0.154. The van der Waals surface area contributed by atoms with E-state index in [1.54, 1.807) is 25.1 Å². The van der Waals surface area contributed by atoms with Crippen molar-refractivity contribution < 1.29 is 17.9 Å². The third kappa shape index (κ3) is 3.55. The van der Waals surface area contributed by atoms with Crippen LogP contribution in [0.4, 0.5) is 13.2 Å². The maximum Gasteiger partial charge on any atom is 0.416 e. The first-order valence-corrected chi connectivity index (χ1v) is 6.20. The Balaban J connectivity index is 2.36. The van der Waals surface area contributed by atoms with Crippen LogP contribution in [0.1, 0.15) is 11.1 Å². The van der Waals surface area contributed by atoms with Gasteiger partial charge in [0.25, 0.3) is 0 Å². The maximum absolute atomic E-state index is 12.7. The van der Waals surface area contributed by atoms with Gasteiger partial charge in [0.1, 0.15) is 10.9 Å². The highest BCUT2D eigenvalue weighted by molar-refractivity contribution is 6.30. The predicted octanol–water partition coefficient (Wildman–Crippen LogP) is 5.51. The van der Waals surface area contributed by atoms with Gasteiger partial charge in [0, 0.05) is 11.1 Å². The first-order valence-electron chi connectivity index (χ1n) is 5.44. The highest BCUT2D eigenvalue weighted by atomic mass is 35.5. The van der Waals surface area contributed by atoms with Gasteiger partial charge in [-0.15, -0.1) is 0 Å². The van der Waals surface area contributed by atoms with Gasteiger partial charge in [0.15, 0.2) is 0 Å². The number of alkyl halides is 3. The Kier molecular flexibility index (Phi) is 4.11. The zero-order valence-electron chi connectivity index (χ0n) is 10.1. The SMILES string of the molecule is Cc1cc(Cl)ccc1Oc1cc(C(F)(F)F)cc(Cl)n1. The summed E-state index contributed by atoms with van der Waals surface area (Å²) in [6.45, 7) is 1.72. The lowest BCUT2D eigenvalue weighted by atomic mass is 10.2. The molecule has 0 aliphatic rings. The van der Waals surface area contributed by atoms with Gasteiger partial charge >= 0.3 is 6.18 Å². The molecular formula is C13H8Cl2F3NO. The van der Waals surface area contributed by atoms with Crippen molar-refractivity contribution in [1.29, 1.82) is 0 Å². The molecule has 20 heavy (non-hydrogen) atoms. The normalized spacial score (nSPS) is 11.5. The smallest absolute Gasteiger partial charge is 0.416 e. The highest BCUT2D eigenvalue weighted by Gasteiger charge is 2.31. The molecule has 0 aliphatic heterocycles. The van der Waals surface area contributed by atoms with Crippen molar-refractivity contribution in [2.45, 2.75) is 13.1 Å². The van der Waals surface area contributed by atoms with Crippen molar-refractivity contribution in [2.24, 2.45) is 0 Å². The molecule has 0 saturated carbocycles. The van der Waals surface area contributed by atoms with Crippen LogP contribution in [0.15, 0.2) is 30.3 Å². The van der Waals surface area contributed by atoms with Gasteiger partial charge in [0.2, 0.25) is 5.88 Å². The molecular weight excluding hydrogens is 314 g/mol. The molecule has 0 amide bonds. The van der Waals surface area contributed by atoms with Crippen molar-refractivity contribution in [3.63, 3.8) is 0 Å². The number of aromatic nitrogens is 1. The van der Waals surface area contributed by atoms with E-state index in [4.69, 9.17) is 27.9 Å². The van der Waals surface area contributed by atoms with E-state index in [0.717, 1.165) is 12.1 Å². The molecule has 0 aliphatic carbocycles. The maximum atomic E-state index is 12.7. The monoisotopic (exact) mass is 321 g/mol. The Hall–Kier alpha value is -1.46. The summed E-state index contributed by atoms with van der Waals surface area (Å²) in [7, 11) is 0. The highest BCUT2D eigenvalue weighted by Crippen LogP contribution is 2.34. The number of halogens is 5. The number of aryl methyl sites for hydroxylation is 1. The summed E-state index contributed by atoms with van der Waals surface area (Å²) in [6, 6.07) is 6.28. The second-order valence-electron chi connectivity index (χ2n) is 4.03. The van der Waals surface area contributed by atoms with Gasteiger partial charge in [0.05, 0.1) is 5.56 Å². The van der Waals surface area contributed by atoms with Crippen LogP contribution in [0.3, 0.4) is 0 Å². The lowest BCUT2D eigenvalue weighted by molar-refractivity contribution is -0.137. The molecule has 0 fully saturated rings. The van der Waals surface area contributed by atoms with E-state index in [1.165, 1.54) is 0 Å². The lowest BCUT2D eigenvalue weighted by Gasteiger charge is -2.11. The zero-order valence-corrected chi connectivity index (χ0v) is 11.6. The van der Waals surface area contributed by atoms with Crippen LogP contribution in [-0.4, -0.2) is 4.98 Å². The van der Waals surface area contributed by atoms with Crippen LogP contribution in [0.2, 0.25) is 10.2 Å². The molecule has 2 rings (SSSR count). The van der Waals surface area contributed by atoms with E-state index in [9.17, 15) is 13.2 Å². The number of benzene rings is 1. The molecule has 1 aromatic carbocycles. The topological polar surface area (TPSA) is 22.1 Å². The van der Waals surface area contributed by atoms with E-state index < -0.39 is 11.7 Å². The molecule has 0 spiro atoms. The molecule has 0 unspecified atom stereocenters. The number of ether oxygens (including phenoxy) is 1. The predicted molar refractivity (Wildman–Crippen MR) is 70.5 cm³/mol. The Morgan fingerprint density at radius 1 is 1.10 bits per heavy atom. The number of pyridine rings is 1. The minimum Gasteiger partial charge on any atom is -0.439 e. The molecule has 0 radical (unpaired) electrons. The fourth-order valence-electron chi connectivity index (χ4n) is 1.53. The second kappa shape index (κ2) is 5.50. The average Bonchev–Trinajstić information content (AvgIpc) is 2.31. The summed E-state index contributed by atoms with van der Waals surface area (Å²) >= 11 is 11.4. The van der Waals surface area contributed by atoms with Crippen LogP contribution < -0.4 is 4.74 Å². The van der Waals surface area contributed by atoms with E-state index in [-0.39, 0.29) is 11.0 Å². The van der Waals surface area contributed by atoms with Crippen molar-refractivity contribution in [3.05, 3.63) is 51.6 Å². The molecule has 106 valence electrons. The van der Waals surface area contributed by atoms with Crippen LogP contribution in [0.25, 0.3) is 0 Å². The zero-order chi connectivity index (χ0) is 14.9. The van der Waals surface area contributed by atoms with Crippen LogP contribution in [0.5, 0.6) is 11.6 Å². The van der Waals surface area contributed by atoms with E-state index in [0.29, 0.717) is 16.3 Å². The first-order chi connectivity index (χ1) is 9.25. The van der Waals surface area contributed by atoms with E-state index in [2.05, 4.69) is 4.98 Å². The molecule has 2 nitrogen and oxygen atoms in total. The van der Waals surface area contributed by atoms with Gasteiger partial charge in [-0.3, -0.25) is 0 Å². The summed E-state index contributed by atoms with van der Waals surface area (Å²) in [5.41, 5.74) is -0.244. The van der Waals surface area contributed by atoms with Gasteiger partial charge in [-0.2, -0.15) is 13.2 Å². The summed E-state index contributed by atoms with van der Waals surface area (Å²) < 4.78 is 43.3. The summed E-state index contributed by atoms with van der Waals surface area (Å²) in [4.78, 5) is 3.72. The largest absolute Gasteiger partial charge is 0.439 e. The Bertz CT molecular complexity index is 644. The standard InChI is InChI=1S/C13H8Cl2F3NO/c1-7-4-9(14)2-3-10(7)20-12-6-8(13(16,17)18)5-11(15)19-12/h2-6H,1H3.